The first-order chi connectivity index (χ1) is 7.85. The normalized spacial score (nSPS) is 20.9. The molecule has 0 amide bonds. The Labute approximate surface area is 96.6 Å². The van der Waals surface area contributed by atoms with Gasteiger partial charge in [0.2, 0.25) is 0 Å². The molecule has 0 spiro atoms. The summed E-state index contributed by atoms with van der Waals surface area (Å²) in [6, 6.07) is 2.04. The van der Waals surface area contributed by atoms with Gasteiger partial charge in [-0.05, 0) is 26.3 Å². The van der Waals surface area contributed by atoms with Crippen molar-refractivity contribution < 1.29 is 4.74 Å². The van der Waals surface area contributed by atoms with Gasteiger partial charge in [0, 0.05) is 12.6 Å². The minimum Gasteiger partial charge on any atom is -0.495 e. The highest BCUT2D eigenvalue weighted by atomic mass is 16.5. The van der Waals surface area contributed by atoms with Crippen LogP contribution in [0.4, 0.5) is 5.69 Å². The van der Waals surface area contributed by atoms with Gasteiger partial charge in [-0.3, -0.25) is 4.98 Å². The van der Waals surface area contributed by atoms with Gasteiger partial charge in [0.1, 0.15) is 5.75 Å². The van der Waals surface area contributed by atoms with Gasteiger partial charge in [-0.2, -0.15) is 0 Å². The third-order valence-corrected chi connectivity index (χ3v) is 3.10. The van der Waals surface area contributed by atoms with Crippen LogP contribution in [-0.2, 0) is 0 Å². The van der Waals surface area contributed by atoms with E-state index in [9.17, 15) is 0 Å². The summed E-state index contributed by atoms with van der Waals surface area (Å²) in [5.41, 5.74) is 1.14. The lowest BCUT2D eigenvalue weighted by atomic mass is 10.1. The van der Waals surface area contributed by atoms with Crippen molar-refractivity contribution >= 4 is 5.69 Å². The summed E-state index contributed by atoms with van der Waals surface area (Å²) in [5.74, 6) is 0.818. The molecule has 4 nitrogen and oxygen atoms in total. The number of nitrogens with one attached hydrogen (secondary N) is 1. The molecule has 1 aromatic heterocycles. The van der Waals surface area contributed by atoms with Crippen LogP contribution < -0.4 is 15.0 Å². The number of hydrogen-bond donors (Lipinski definition) is 1. The Morgan fingerprint density at radius 2 is 2.31 bits per heavy atom. The van der Waals surface area contributed by atoms with Crippen molar-refractivity contribution in [1.29, 1.82) is 0 Å². The second kappa shape index (κ2) is 5.16. The minimum atomic E-state index is 0.419. The lowest BCUT2D eigenvalue weighted by Gasteiger charge is -2.37. The summed E-state index contributed by atoms with van der Waals surface area (Å²) in [7, 11) is 3.68. The number of anilines is 1. The van der Waals surface area contributed by atoms with Gasteiger partial charge in [-0.25, -0.2) is 0 Å². The van der Waals surface area contributed by atoms with Crippen molar-refractivity contribution in [3.63, 3.8) is 0 Å². The van der Waals surface area contributed by atoms with Gasteiger partial charge in [-0.1, -0.05) is 0 Å². The average molecular weight is 221 g/mol. The molecule has 16 heavy (non-hydrogen) atoms. The summed E-state index contributed by atoms with van der Waals surface area (Å²) in [6.07, 6.45) is 7.78. The Morgan fingerprint density at radius 3 is 3.06 bits per heavy atom. The highest BCUT2D eigenvalue weighted by molar-refractivity contribution is 5.49. The zero-order valence-corrected chi connectivity index (χ0v) is 9.94. The Balaban J connectivity index is 2.20. The molecule has 1 aromatic rings. The fraction of sp³-hybridized carbons (Fsp3) is 0.583. The minimum absolute atomic E-state index is 0.419. The van der Waals surface area contributed by atoms with Crippen molar-refractivity contribution in [1.82, 2.24) is 10.3 Å². The van der Waals surface area contributed by atoms with E-state index in [0.29, 0.717) is 6.17 Å². The van der Waals surface area contributed by atoms with Gasteiger partial charge in [-0.15, -0.1) is 0 Å². The molecule has 1 saturated heterocycles. The second-order valence-corrected chi connectivity index (χ2v) is 4.08. The molecule has 4 heteroatoms. The fourth-order valence-corrected chi connectivity index (χ4v) is 2.22. The first kappa shape index (κ1) is 11.2. The number of pyridine rings is 1. The molecule has 0 bridgehead atoms. The van der Waals surface area contributed by atoms with Crippen LogP contribution in [0.15, 0.2) is 18.5 Å². The third-order valence-electron chi connectivity index (χ3n) is 3.10. The maximum atomic E-state index is 5.20. The van der Waals surface area contributed by atoms with E-state index in [1.807, 2.05) is 19.3 Å². The molecule has 2 heterocycles. The molecule has 0 saturated carbocycles. The summed E-state index contributed by atoms with van der Waals surface area (Å²) in [5, 5.41) is 3.35. The van der Waals surface area contributed by atoms with E-state index in [0.717, 1.165) is 18.0 Å². The molecule has 0 aliphatic carbocycles. The van der Waals surface area contributed by atoms with Crippen LogP contribution in [-0.4, -0.2) is 31.9 Å². The van der Waals surface area contributed by atoms with E-state index in [1.165, 1.54) is 19.3 Å². The molecular formula is C12H19N3O. The predicted molar refractivity (Wildman–Crippen MR) is 64.8 cm³/mol. The Bertz CT molecular complexity index is 343. The topological polar surface area (TPSA) is 37.4 Å². The number of methoxy groups -OCH3 is 1. The van der Waals surface area contributed by atoms with Crippen molar-refractivity contribution in [3.8, 4) is 5.75 Å². The molecule has 0 radical (unpaired) electrons. The second-order valence-electron chi connectivity index (χ2n) is 4.08. The maximum Gasteiger partial charge on any atom is 0.139 e. The number of hydrogen-bond acceptors (Lipinski definition) is 4. The van der Waals surface area contributed by atoms with Crippen LogP contribution in [0.1, 0.15) is 19.3 Å². The van der Waals surface area contributed by atoms with Crippen molar-refractivity contribution in [2.75, 3.05) is 25.6 Å². The fourth-order valence-electron chi connectivity index (χ4n) is 2.22. The lowest BCUT2D eigenvalue weighted by Crippen LogP contribution is -2.47. The quantitative estimate of drug-likeness (QED) is 0.841. The van der Waals surface area contributed by atoms with E-state index < -0.39 is 0 Å². The van der Waals surface area contributed by atoms with Crippen LogP contribution in [0.25, 0.3) is 0 Å². The van der Waals surface area contributed by atoms with Gasteiger partial charge in [0.15, 0.2) is 0 Å². The number of ether oxygens (including phenoxy) is 1. The number of aromatic nitrogens is 1. The van der Waals surface area contributed by atoms with Gasteiger partial charge in [0.05, 0.1) is 31.4 Å². The molecular weight excluding hydrogens is 202 g/mol. The maximum absolute atomic E-state index is 5.20. The van der Waals surface area contributed by atoms with Gasteiger partial charge in [0.25, 0.3) is 0 Å². The lowest BCUT2D eigenvalue weighted by molar-refractivity contribution is 0.406. The van der Waals surface area contributed by atoms with Crippen molar-refractivity contribution in [2.45, 2.75) is 25.4 Å². The highest BCUT2D eigenvalue weighted by Crippen LogP contribution is 2.25. The first-order valence-electron chi connectivity index (χ1n) is 5.78. The largest absolute Gasteiger partial charge is 0.495 e. The first-order valence-corrected chi connectivity index (χ1v) is 5.78. The Hall–Kier alpha value is -1.29. The zero-order valence-electron chi connectivity index (χ0n) is 9.94. The van der Waals surface area contributed by atoms with Crippen LogP contribution in [0.3, 0.4) is 0 Å². The van der Waals surface area contributed by atoms with Gasteiger partial charge >= 0.3 is 0 Å². The zero-order chi connectivity index (χ0) is 11.4. The standard InChI is InChI=1S/C12H19N3O/c1-13-12-5-3-4-6-15(12)10-7-11(16-2)9-14-8-10/h7-9,12-13H,3-6H2,1-2H3. The molecule has 1 unspecified atom stereocenters. The van der Waals surface area contributed by atoms with Gasteiger partial charge < -0.3 is 15.0 Å². The van der Waals surface area contributed by atoms with E-state index >= 15 is 0 Å². The summed E-state index contributed by atoms with van der Waals surface area (Å²) in [6.45, 7) is 1.08. The third kappa shape index (κ3) is 2.27. The molecule has 1 fully saturated rings. The molecule has 1 aliphatic heterocycles. The molecule has 1 atom stereocenters. The smallest absolute Gasteiger partial charge is 0.139 e. The average Bonchev–Trinajstić information content (AvgIpc) is 2.38. The monoisotopic (exact) mass is 221 g/mol. The van der Waals surface area contributed by atoms with Crippen LogP contribution in [0.5, 0.6) is 5.75 Å². The summed E-state index contributed by atoms with van der Waals surface area (Å²) in [4.78, 5) is 6.57. The molecule has 0 aromatic carbocycles. The van der Waals surface area contributed by atoms with E-state index in [4.69, 9.17) is 4.74 Å². The Kier molecular flexibility index (Phi) is 3.62. The Morgan fingerprint density at radius 1 is 1.44 bits per heavy atom. The number of rotatable bonds is 3. The van der Waals surface area contributed by atoms with Crippen molar-refractivity contribution in [2.24, 2.45) is 0 Å². The van der Waals surface area contributed by atoms with E-state index in [-0.39, 0.29) is 0 Å². The summed E-state index contributed by atoms with van der Waals surface area (Å²) < 4.78 is 5.20. The molecule has 1 aliphatic rings. The number of piperidine rings is 1. The van der Waals surface area contributed by atoms with Crippen molar-refractivity contribution in [3.05, 3.63) is 18.5 Å². The van der Waals surface area contributed by atoms with Crippen LogP contribution in [0.2, 0.25) is 0 Å². The summed E-state index contributed by atoms with van der Waals surface area (Å²) >= 11 is 0. The van der Waals surface area contributed by atoms with Crippen LogP contribution in [0, 0.1) is 0 Å². The highest BCUT2D eigenvalue weighted by Gasteiger charge is 2.21. The van der Waals surface area contributed by atoms with Crippen LogP contribution >= 0.6 is 0 Å². The molecule has 1 N–H and O–H groups in total. The van der Waals surface area contributed by atoms with E-state index in [2.05, 4.69) is 15.2 Å². The van der Waals surface area contributed by atoms with E-state index in [1.54, 1.807) is 13.3 Å². The molecule has 2 rings (SSSR count). The SMILES string of the molecule is CNC1CCCCN1c1cncc(OC)c1. The predicted octanol–water partition coefficient (Wildman–Crippen LogP) is 1.63. The molecule has 88 valence electrons. The number of nitrogens with zero attached hydrogens (tertiary/aromatic N) is 2.